The van der Waals surface area contributed by atoms with Crippen molar-refractivity contribution in [3.63, 3.8) is 0 Å². The lowest BCUT2D eigenvalue weighted by Gasteiger charge is -2.26. The largest absolute Gasteiger partial charge is 0.497 e. The highest BCUT2D eigenvalue weighted by Gasteiger charge is 2.20. The van der Waals surface area contributed by atoms with Crippen LogP contribution < -0.4 is 42.6 Å². The molecule has 2 fully saturated rings. The summed E-state index contributed by atoms with van der Waals surface area (Å²) in [5.74, 6) is 12.0. The van der Waals surface area contributed by atoms with E-state index in [1.807, 2.05) is 193 Å². The third-order valence-electron chi connectivity index (χ3n) is 24.8. The highest BCUT2D eigenvalue weighted by molar-refractivity contribution is 5.35. The molecule has 15 heteroatoms. The predicted octanol–water partition coefficient (Wildman–Crippen LogP) is 39.2. The molecule has 10 aromatic rings. The molecule has 0 aromatic heterocycles. The third-order valence-corrected chi connectivity index (χ3v) is 24.8. The van der Waals surface area contributed by atoms with Crippen LogP contribution in [-0.2, 0) is 41.4 Å². The standard InChI is InChI=1S/C21H28O4.C20H26O3.C20H32O2.C20H26O2.C19H24O2.C18H28O2.12CH4/c1-5-16(2)18-6-8-21(9-7-18)25-17(3)23-14-15-24-20-12-10-19(22-4)11-13-20;1-4-16(2)18-10-12-20(13-11-18)23-17(3)21-14-15-22-19-8-6-5-7-9-19;2*1-4-16(2)19-10-12-20(13-11-19)22-17(3)21-15-14-18-8-6-5-7-9-18;1-4-15(2)18-10-12-19(13-11-18)21-16(3)20-14-17-8-6-5-7-9-17;1-4-14(2)16-10-12-18(13-11-16)20-15(3)19-17-8-6-5-7-9-17;;;;;;;;;;;;/h6-13,16-17H,5,14-15H2,1-4H3;5-13,16-17H,4,14-15H2,1-3H3;10-13,16-18H,4-9,14-15H2,1-3H3;5-13,16-17H,4,14-15H2,1-3H3;5-13,15-16H,4,14H2,1-3H3;10-15,17H,4-9H2,1-3H3;12*1H4. The molecule has 15 nitrogen and oxygen atoms in total. The Morgan fingerprint density at radius 2 is 0.469 bits per heavy atom. The molecule has 822 valence electrons. The minimum Gasteiger partial charge on any atom is -0.497 e. The van der Waals surface area contributed by atoms with Crippen LogP contribution in [0.4, 0.5) is 0 Å². The zero-order valence-corrected chi connectivity index (χ0v) is 84.2. The van der Waals surface area contributed by atoms with Gasteiger partial charge in [0.1, 0.15) is 65.0 Å². The summed E-state index contributed by atoms with van der Waals surface area (Å²) in [4.78, 5) is 0. The first kappa shape index (κ1) is 146. The second-order valence-corrected chi connectivity index (χ2v) is 35.3. The molecular formula is C130H212O15. The van der Waals surface area contributed by atoms with Gasteiger partial charge in [-0.3, -0.25) is 0 Å². The van der Waals surface area contributed by atoms with Crippen molar-refractivity contribution in [2.24, 2.45) is 5.92 Å². The second-order valence-electron chi connectivity index (χ2n) is 35.3. The molecule has 0 saturated heterocycles. The average molecular weight is 2020 g/mol. The SMILES string of the molecule is C.C.C.C.C.C.C.C.C.C.C.C.CCC(C)c1ccc(OC(C)OC2CCCCC2)cc1.CCC(C)c1ccc(OC(C)OCCC2CCCCC2)cc1.CCC(C)c1ccc(OC(C)OCCOc2ccc(OC)cc2)cc1.CCC(C)c1ccc(OC(C)OCCOc2ccccc2)cc1.CCC(C)c1ccc(OC(C)OCCc2ccccc2)cc1.CCC(C)c1ccc(OC(C)OCc2ccccc2)cc1. The first-order chi connectivity index (χ1) is 64.5. The van der Waals surface area contributed by atoms with E-state index in [4.69, 9.17) is 71.1 Å². The van der Waals surface area contributed by atoms with Crippen molar-refractivity contribution in [2.75, 3.05) is 46.8 Å². The van der Waals surface area contributed by atoms with E-state index in [1.54, 1.807) is 7.11 Å². The molecule has 0 spiro atoms. The van der Waals surface area contributed by atoms with Gasteiger partial charge < -0.3 is 71.1 Å². The molecule has 12 atom stereocenters. The Labute approximate surface area is 890 Å². The number of benzene rings is 10. The van der Waals surface area contributed by atoms with Gasteiger partial charge in [0.15, 0.2) is 37.7 Å². The number of ether oxygens (including phenoxy) is 15. The molecule has 0 aliphatic heterocycles. The number of hydrogen-bond acceptors (Lipinski definition) is 15. The third kappa shape index (κ3) is 60.3. The lowest BCUT2D eigenvalue weighted by molar-refractivity contribution is -0.116. The maximum atomic E-state index is 5.97. The van der Waals surface area contributed by atoms with Crippen molar-refractivity contribution < 1.29 is 71.1 Å². The van der Waals surface area contributed by atoms with Gasteiger partial charge in [-0.05, 0) is 301 Å². The van der Waals surface area contributed by atoms with E-state index in [9.17, 15) is 0 Å². The van der Waals surface area contributed by atoms with E-state index in [0.29, 0.717) is 81.3 Å². The fourth-order valence-corrected chi connectivity index (χ4v) is 15.1. The summed E-state index contributed by atoms with van der Waals surface area (Å²) in [6.07, 6.45) is 21.2. The van der Waals surface area contributed by atoms with Crippen molar-refractivity contribution in [3.05, 3.63) is 305 Å². The highest BCUT2D eigenvalue weighted by atomic mass is 16.7. The molecule has 0 heterocycles. The van der Waals surface area contributed by atoms with Crippen LogP contribution in [0.2, 0.25) is 0 Å². The van der Waals surface area contributed by atoms with Crippen LogP contribution >= 0.6 is 0 Å². The molecule has 10 aromatic carbocycles. The van der Waals surface area contributed by atoms with E-state index in [2.05, 4.69) is 192 Å². The quantitative estimate of drug-likeness (QED) is 0.0264. The van der Waals surface area contributed by atoms with Gasteiger partial charge in [-0.1, -0.05) is 375 Å². The average Bonchev–Trinajstić information content (AvgIpc) is 0.890. The first-order valence-electron chi connectivity index (χ1n) is 49.9. The number of hydrogen-bond donors (Lipinski definition) is 0. The molecule has 2 saturated carbocycles. The number of para-hydroxylation sites is 1. The van der Waals surface area contributed by atoms with Gasteiger partial charge in [-0.25, -0.2) is 0 Å². The smallest absolute Gasteiger partial charge is 0.197 e. The van der Waals surface area contributed by atoms with Gasteiger partial charge in [0.25, 0.3) is 0 Å². The Kier molecular flexibility index (Phi) is 86.7. The summed E-state index contributed by atoms with van der Waals surface area (Å²) in [5.41, 5.74) is 10.6. The van der Waals surface area contributed by atoms with Crippen LogP contribution in [0.3, 0.4) is 0 Å². The van der Waals surface area contributed by atoms with E-state index in [-0.39, 0.29) is 127 Å². The van der Waals surface area contributed by atoms with Crippen molar-refractivity contribution in [3.8, 4) is 51.7 Å². The summed E-state index contributed by atoms with van der Waals surface area (Å²) < 4.78 is 85.6. The van der Waals surface area contributed by atoms with E-state index >= 15 is 0 Å². The maximum absolute atomic E-state index is 5.97. The van der Waals surface area contributed by atoms with Gasteiger partial charge in [-0.15, -0.1) is 0 Å². The molecule has 145 heavy (non-hydrogen) atoms. The minimum atomic E-state index is -0.325. The van der Waals surface area contributed by atoms with E-state index in [1.165, 1.54) is 122 Å². The maximum Gasteiger partial charge on any atom is 0.197 e. The molecule has 12 rings (SSSR count). The topological polar surface area (TPSA) is 138 Å². The Morgan fingerprint density at radius 3 is 0.766 bits per heavy atom. The zero-order valence-electron chi connectivity index (χ0n) is 84.2. The zero-order chi connectivity index (χ0) is 95.6. The first-order valence-corrected chi connectivity index (χ1v) is 49.9. The fourth-order valence-electron chi connectivity index (χ4n) is 15.1. The van der Waals surface area contributed by atoms with Crippen LogP contribution in [-0.4, -0.2) is 90.6 Å². The summed E-state index contributed by atoms with van der Waals surface area (Å²) in [6, 6.07) is 87.7. The molecule has 0 bridgehead atoms. The van der Waals surface area contributed by atoms with Crippen LogP contribution in [0.5, 0.6) is 51.7 Å². The summed E-state index contributed by atoms with van der Waals surface area (Å²) in [5, 5.41) is 0. The van der Waals surface area contributed by atoms with E-state index in [0.717, 1.165) is 102 Å². The summed E-state index contributed by atoms with van der Waals surface area (Å²) in [7, 11) is 1.64. The predicted molar refractivity (Wildman–Crippen MR) is 627 cm³/mol. The molecule has 0 radical (unpaired) electrons. The summed E-state index contributed by atoms with van der Waals surface area (Å²) >= 11 is 0. The summed E-state index contributed by atoms with van der Waals surface area (Å²) in [6.45, 7) is 42.3. The van der Waals surface area contributed by atoms with Crippen molar-refractivity contribution in [1.29, 1.82) is 0 Å². The Morgan fingerprint density at radius 1 is 0.228 bits per heavy atom. The Bertz CT molecular complexity index is 4490. The normalized spacial score (nSPS) is 14.0. The van der Waals surface area contributed by atoms with E-state index < -0.39 is 0 Å². The van der Waals surface area contributed by atoms with Gasteiger partial charge >= 0.3 is 0 Å². The molecule has 0 N–H and O–H groups in total. The van der Waals surface area contributed by atoms with Crippen molar-refractivity contribution in [1.82, 2.24) is 0 Å². The van der Waals surface area contributed by atoms with Gasteiger partial charge in [0.2, 0.25) is 0 Å². The molecule has 12 unspecified atom stereocenters. The minimum absolute atomic E-state index is 0. The van der Waals surface area contributed by atoms with Crippen LogP contribution in [0.1, 0.15) is 403 Å². The number of rotatable bonds is 48. The second kappa shape index (κ2) is 86.2. The number of methoxy groups -OCH3 is 1. The lowest BCUT2D eigenvalue weighted by Crippen LogP contribution is -2.26. The highest BCUT2D eigenvalue weighted by Crippen LogP contribution is 2.32. The monoisotopic (exact) mass is 2010 g/mol. The van der Waals surface area contributed by atoms with Gasteiger partial charge in [0.05, 0.1) is 46.2 Å². The van der Waals surface area contributed by atoms with Gasteiger partial charge in [-0.2, -0.15) is 0 Å². The molecular weight excluding hydrogens is 1800 g/mol. The Hall–Kier alpha value is -9.84. The molecule has 0 amide bonds. The lowest BCUT2D eigenvalue weighted by atomic mass is 9.87. The van der Waals surface area contributed by atoms with Crippen LogP contribution in [0.15, 0.2) is 261 Å². The van der Waals surface area contributed by atoms with Crippen LogP contribution in [0, 0.1) is 5.92 Å². The Balaban J connectivity index is -0.000000394. The van der Waals surface area contributed by atoms with Crippen molar-refractivity contribution in [2.45, 2.75) is 415 Å². The molecule has 2 aliphatic rings. The fraction of sp³-hybridized carbons (Fsp3) is 0.538. The van der Waals surface area contributed by atoms with Gasteiger partial charge in [0, 0.05) is 0 Å². The van der Waals surface area contributed by atoms with Crippen molar-refractivity contribution >= 4 is 0 Å². The molecule has 2 aliphatic carbocycles. The van der Waals surface area contributed by atoms with Crippen LogP contribution in [0.25, 0.3) is 0 Å².